The van der Waals surface area contributed by atoms with Crippen LogP contribution >= 0.6 is 11.3 Å². The van der Waals surface area contributed by atoms with Gasteiger partial charge in [-0.3, -0.25) is 0 Å². The number of halogens is 3. The minimum absolute atomic E-state index is 0.0604. The molecule has 3 N–H and O–H groups in total. The van der Waals surface area contributed by atoms with Crippen LogP contribution in [0.5, 0.6) is 5.75 Å². The lowest BCUT2D eigenvalue weighted by molar-refractivity contribution is -0.137. The predicted molar refractivity (Wildman–Crippen MR) is 72.6 cm³/mol. The van der Waals surface area contributed by atoms with Crippen LogP contribution in [-0.4, -0.2) is 11.0 Å². The van der Waals surface area contributed by atoms with Gasteiger partial charge in [0.15, 0.2) is 5.84 Å². The van der Waals surface area contributed by atoms with Gasteiger partial charge in [-0.15, -0.1) is 11.3 Å². The molecule has 1 aromatic heterocycles. The highest BCUT2D eigenvalue weighted by Gasteiger charge is 2.35. The van der Waals surface area contributed by atoms with E-state index in [0.29, 0.717) is 0 Å². The molecule has 8 heteroatoms. The molecule has 0 aliphatic carbocycles. The van der Waals surface area contributed by atoms with E-state index in [1.54, 1.807) is 0 Å². The summed E-state index contributed by atoms with van der Waals surface area (Å²) >= 11 is 1.44. The van der Waals surface area contributed by atoms with Crippen LogP contribution in [0.3, 0.4) is 0 Å². The quantitative estimate of drug-likeness (QED) is 0.393. The van der Waals surface area contributed by atoms with E-state index >= 15 is 0 Å². The summed E-state index contributed by atoms with van der Waals surface area (Å²) in [5.74, 6) is -0.544. The zero-order valence-corrected chi connectivity index (χ0v) is 11.4. The van der Waals surface area contributed by atoms with Crippen LogP contribution in [0.15, 0.2) is 40.9 Å². The molecule has 0 amide bonds. The number of nitrogens with two attached hydrogens (primary N) is 1. The predicted octanol–water partition coefficient (Wildman–Crippen LogP) is 3.44. The van der Waals surface area contributed by atoms with Gasteiger partial charge in [-0.1, -0.05) is 11.2 Å². The molecule has 112 valence electrons. The second kappa shape index (κ2) is 6.04. The first-order chi connectivity index (χ1) is 9.91. The fraction of sp³-hybridized carbons (Fsp3) is 0.154. The highest BCUT2D eigenvalue weighted by Crippen LogP contribution is 2.34. The molecule has 2 aromatic rings. The van der Waals surface area contributed by atoms with Crippen LogP contribution in [0.25, 0.3) is 0 Å². The van der Waals surface area contributed by atoms with Gasteiger partial charge >= 0.3 is 6.18 Å². The van der Waals surface area contributed by atoms with Crippen LogP contribution < -0.4 is 10.5 Å². The average molecular weight is 316 g/mol. The van der Waals surface area contributed by atoms with Crippen molar-refractivity contribution in [2.24, 2.45) is 10.9 Å². The summed E-state index contributed by atoms with van der Waals surface area (Å²) in [7, 11) is 0. The van der Waals surface area contributed by atoms with E-state index < -0.39 is 23.1 Å². The first-order valence-electron chi connectivity index (χ1n) is 5.76. The van der Waals surface area contributed by atoms with Crippen molar-refractivity contribution in [1.29, 1.82) is 0 Å². The van der Waals surface area contributed by atoms with Crippen LogP contribution in [0.2, 0.25) is 0 Å². The van der Waals surface area contributed by atoms with Gasteiger partial charge in [0, 0.05) is 10.4 Å². The third-order valence-corrected chi connectivity index (χ3v) is 3.49. The van der Waals surface area contributed by atoms with E-state index in [4.69, 9.17) is 15.7 Å². The second-order valence-electron chi connectivity index (χ2n) is 4.06. The lowest BCUT2D eigenvalue weighted by atomic mass is 10.1. The summed E-state index contributed by atoms with van der Waals surface area (Å²) < 4.78 is 44.3. The number of benzene rings is 1. The van der Waals surface area contributed by atoms with Crippen molar-refractivity contribution in [3.63, 3.8) is 0 Å². The van der Waals surface area contributed by atoms with Gasteiger partial charge < -0.3 is 15.7 Å². The second-order valence-corrected chi connectivity index (χ2v) is 5.09. The minimum Gasteiger partial charge on any atom is -0.488 e. The number of hydrogen-bond acceptors (Lipinski definition) is 4. The van der Waals surface area contributed by atoms with Crippen molar-refractivity contribution >= 4 is 17.2 Å². The van der Waals surface area contributed by atoms with E-state index in [1.807, 2.05) is 17.5 Å². The molecule has 0 spiro atoms. The zero-order chi connectivity index (χ0) is 15.5. The third kappa shape index (κ3) is 3.66. The largest absolute Gasteiger partial charge is 0.488 e. The van der Waals surface area contributed by atoms with Gasteiger partial charge in [0.05, 0.1) is 5.56 Å². The number of alkyl halides is 3. The molecule has 1 heterocycles. The van der Waals surface area contributed by atoms with Crippen molar-refractivity contribution < 1.29 is 23.1 Å². The van der Waals surface area contributed by atoms with Gasteiger partial charge in [0.2, 0.25) is 0 Å². The molecular weight excluding hydrogens is 305 g/mol. The van der Waals surface area contributed by atoms with Crippen LogP contribution in [0.1, 0.15) is 16.0 Å². The van der Waals surface area contributed by atoms with Crippen molar-refractivity contribution in [2.45, 2.75) is 12.8 Å². The number of ether oxygens (including phenoxy) is 1. The Hall–Kier alpha value is -2.22. The van der Waals surface area contributed by atoms with Gasteiger partial charge in [0.1, 0.15) is 12.4 Å². The first kappa shape index (κ1) is 15.2. The Bertz CT molecular complexity index is 639. The van der Waals surface area contributed by atoms with E-state index in [1.165, 1.54) is 17.4 Å². The number of amidine groups is 1. The molecule has 0 radical (unpaired) electrons. The highest BCUT2D eigenvalue weighted by molar-refractivity contribution is 7.09. The Morgan fingerprint density at radius 3 is 2.67 bits per heavy atom. The fourth-order valence-electron chi connectivity index (χ4n) is 1.67. The Morgan fingerprint density at radius 2 is 2.10 bits per heavy atom. The summed E-state index contributed by atoms with van der Waals surface area (Å²) in [6.45, 7) is 0.178. The monoisotopic (exact) mass is 316 g/mol. The van der Waals surface area contributed by atoms with Crippen molar-refractivity contribution in [3.05, 3.63) is 51.7 Å². The fourth-order valence-corrected chi connectivity index (χ4v) is 2.29. The maximum atomic E-state index is 13.0. The zero-order valence-electron chi connectivity index (χ0n) is 10.6. The summed E-state index contributed by atoms with van der Waals surface area (Å²) in [5, 5.41) is 13.0. The van der Waals surface area contributed by atoms with E-state index in [9.17, 15) is 13.2 Å². The number of hydrogen-bond donors (Lipinski definition) is 2. The molecular formula is C13H11F3N2O2S. The summed E-state index contributed by atoms with van der Waals surface area (Å²) in [5.41, 5.74) is 3.85. The topological polar surface area (TPSA) is 67.8 Å². The van der Waals surface area contributed by atoms with Crippen LogP contribution in [0, 0.1) is 0 Å². The Balaban J connectivity index is 2.29. The van der Waals surface area contributed by atoms with E-state index in [-0.39, 0.29) is 12.4 Å². The highest BCUT2D eigenvalue weighted by atomic mass is 32.1. The van der Waals surface area contributed by atoms with Crippen LogP contribution in [0.4, 0.5) is 13.2 Å². The average Bonchev–Trinajstić information content (AvgIpc) is 2.96. The number of nitrogens with zero attached hydrogens (tertiary/aromatic N) is 1. The third-order valence-electron chi connectivity index (χ3n) is 2.64. The molecule has 0 aliphatic rings. The normalized spacial score (nSPS) is 12.4. The molecule has 2 rings (SSSR count). The Kier molecular flexibility index (Phi) is 4.37. The number of rotatable bonds is 4. The van der Waals surface area contributed by atoms with Gasteiger partial charge in [0.25, 0.3) is 0 Å². The molecule has 0 saturated carbocycles. The molecule has 0 aliphatic heterocycles. The molecule has 21 heavy (non-hydrogen) atoms. The maximum absolute atomic E-state index is 13.0. The molecule has 0 saturated heterocycles. The smallest absolute Gasteiger partial charge is 0.417 e. The molecule has 0 bridgehead atoms. The van der Waals surface area contributed by atoms with Crippen molar-refractivity contribution in [3.8, 4) is 5.75 Å². The molecule has 0 atom stereocenters. The van der Waals surface area contributed by atoms with Gasteiger partial charge in [-0.25, -0.2) is 0 Å². The summed E-state index contributed by atoms with van der Waals surface area (Å²) in [6, 6.07) is 6.94. The standard InChI is InChI=1S/C13H11F3N2O2S/c14-13(15,16)11-6-8(3-4-10(11)12(17)18-19)20-7-9-2-1-5-21-9/h1-6,19H,7H2,(H2,17,18). The molecule has 0 unspecified atom stereocenters. The van der Waals surface area contributed by atoms with Gasteiger partial charge in [-0.2, -0.15) is 13.2 Å². The van der Waals surface area contributed by atoms with E-state index in [0.717, 1.165) is 17.0 Å². The molecule has 4 nitrogen and oxygen atoms in total. The number of thiophene rings is 1. The van der Waals surface area contributed by atoms with Crippen LogP contribution in [-0.2, 0) is 12.8 Å². The maximum Gasteiger partial charge on any atom is 0.417 e. The SMILES string of the molecule is NC(=NO)c1ccc(OCc2cccs2)cc1C(F)(F)F. The first-order valence-corrected chi connectivity index (χ1v) is 6.64. The molecule has 0 fully saturated rings. The summed E-state index contributed by atoms with van der Waals surface area (Å²) in [4.78, 5) is 0.893. The van der Waals surface area contributed by atoms with Gasteiger partial charge in [-0.05, 0) is 29.6 Å². The summed E-state index contributed by atoms with van der Waals surface area (Å²) in [6.07, 6.45) is -4.63. The Labute approximate surface area is 122 Å². The van der Waals surface area contributed by atoms with Crippen molar-refractivity contribution in [2.75, 3.05) is 0 Å². The minimum atomic E-state index is -4.63. The lowest BCUT2D eigenvalue weighted by Crippen LogP contribution is -2.20. The number of oxime groups is 1. The molecule has 1 aromatic carbocycles. The lowest BCUT2D eigenvalue weighted by Gasteiger charge is -2.14. The van der Waals surface area contributed by atoms with E-state index in [2.05, 4.69) is 5.16 Å². The Morgan fingerprint density at radius 1 is 1.33 bits per heavy atom. The van der Waals surface area contributed by atoms with Crippen molar-refractivity contribution in [1.82, 2.24) is 0 Å².